The molecule has 3 aromatic rings. The molecule has 2 unspecified atom stereocenters. The molecule has 41 heavy (non-hydrogen) atoms. The zero-order valence-electron chi connectivity index (χ0n) is 24.4. The molecule has 3 aliphatic heterocycles. The van der Waals surface area contributed by atoms with Crippen LogP contribution in [0.3, 0.4) is 0 Å². The number of allylic oxidation sites excluding steroid dienone is 1. The molecule has 0 bridgehead atoms. The van der Waals surface area contributed by atoms with Crippen LogP contribution in [0.15, 0.2) is 55.0 Å². The van der Waals surface area contributed by atoms with Gasteiger partial charge in [0.05, 0.1) is 23.6 Å². The Morgan fingerprint density at radius 1 is 1.12 bits per heavy atom. The third-order valence-electron chi connectivity index (χ3n) is 10.1. The third kappa shape index (κ3) is 4.43. The summed E-state index contributed by atoms with van der Waals surface area (Å²) < 4.78 is 2.13. The van der Waals surface area contributed by atoms with Crippen molar-refractivity contribution in [2.75, 3.05) is 23.3 Å². The highest BCUT2D eigenvalue weighted by molar-refractivity contribution is 6.28. The number of likely N-dealkylation sites (tertiary alicyclic amines) is 1. The summed E-state index contributed by atoms with van der Waals surface area (Å²) >= 11 is 0. The fourth-order valence-electron chi connectivity index (χ4n) is 7.52. The summed E-state index contributed by atoms with van der Waals surface area (Å²) in [6.07, 6.45) is 11.5. The van der Waals surface area contributed by atoms with Crippen LogP contribution in [-0.4, -0.2) is 51.2 Å². The van der Waals surface area contributed by atoms with Gasteiger partial charge in [-0.2, -0.15) is 5.10 Å². The average Bonchev–Trinajstić information content (AvgIpc) is 3.49. The van der Waals surface area contributed by atoms with Gasteiger partial charge in [-0.05, 0) is 76.0 Å². The van der Waals surface area contributed by atoms with Crippen molar-refractivity contribution < 1.29 is 9.59 Å². The molecular formula is C33H40N6O2. The van der Waals surface area contributed by atoms with E-state index in [0.29, 0.717) is 35.6 Å². The van der Waals surface area contributed by atoms with E-state index in [1.807, 2.05) is 36.5 Å². The molecule has 8 heteroatoms. The number of rotatable bonds is 6. The molecule has 1 aliphatic carbocycles. The van der Waals surface area contributed by atoms with Crippen molar-refractivity contribution in [2.45, 2.75) is 83.3 Å². The van der Waals surface area contributed by atoms with Gasteiger partial charge in [0.2, 0.25) is 5.91 Å². The van der Waals surface area contributed by atoms with Gasteiger partial charge in [-0.1, -0.05) is 32.1 Å². The Balaban J connectivity index is 1.11. The second-order valence-corrected chi connectivity index (χ2v) is 13.6. The first-order chi connectivity index (χ1) is 19.6. The number of amides is 2. The molecule has 2 N–H and O–H groups in total. The highest BCUT2D eigenvalue weighted by Crippen LogP contribution is 2.45. The largest absolute Gasteiger partial charge is 0.352 e. The molecule has 2 aromatic carbocycles. The Labute approximate surface area is 241 Å². The number of piperidine rings is 2. The topological polar surface area (TPSA) is 82.5 Å². The van der Waals surface area contributed by atoms with Crippen molar-refractivity contribution >= 4 is 39.6 Å². The lowest BCUT2D eigenvalue weighted by molar-refractivity contribution is -0.122. The van der Waals surface area contributed by atoms with E-state index >= 15 is 0 Å². The van der Waals surface area contributed by atoms with Crippen LogP contribution in [0.4, 0.5) is 17.1 Å². The number of carbonyl (C=O) groups excluding carboxylic acids is 2. The SMILES string of the molecule is C=C1CCC(N2C(=O)c3cccc4c(Nc5cnn(C6CCN(CC7(C)CCC7)C(C)(C)C6)c5)ccc2c34)C(=O)N1. The van der Waals surface area contributed by atoms with Crippen LogP contribution in [0.1, 0.15) is 82.1 Å². The predicted octanol–water partition coefficient (Wildman–Crippen LogP) is 6.14. The number of nitrogens with zero attached hydrogens (tertiary/aromatic N) is 4. The molecular weight excluding hydrogens is 512 g/mol. The lowest BCUT2D eigenvalue weighted by atomic mass is 9.69. The molecule has 8 nitrogen and oxygen atoms in total. The van der Waals surface area contributed by atoms with Crippen molar-refractivity contribution in [3.05, 3.63) is 60.6 Å². The highest BCUT2D eigenvalue weighted by Gasteiger charge is 2.42. The maximum absolute atomic E-state index is 13.5. The van der Waals surface area contributed by atoms with Crippen LogP contribution in [0.2, 0.25) is 0 Å². The first kappa shape index (κ1) is 26.3. The summed E-state index contributed by atoms with van der Waals surface area (Å²) in [5.41, 5.74) is 4.62. The van der Waals surface area contributed by atoms with E-state index in [1.54, 1.807) is 4.90 Å². The van der Waals surface area contributed by atoms with Crippen molar-refractivity contribution in [3.63, 3.8) is 0 Å². The van der Waals surface area contributed by atoms with Crippen molar-refractivity contribution in [3.8, 4) is 0 Å². The minimum Gasteiger partial charge on any atom is -0.352 e. The number of nitrogens with one attached hydrogen (secondary N) is 2. The van der Waals surface area contributed by atoms with Crippen LogP contribution in [-0.2, 0) is 4.79 Å². The summed E-state index contributed by atoms with van der Waals surface area (Å²) in [5.74, 6) is -0.292. The molecule has 2 saturated heterocycles. The van der Waals surface area contributed by atoms with E-state index in [9.17, 15) is 9.59 Å². The number of hydrogen-bond donors (Lipinski definition) is 2. The van der Waals surface area contributed by atoms with Gasteiger partial charge in [0, 0.05) is 52.5 Å². The summed E-state index contributed by atoms with van der Waals surface area (Å²) in [4.78, 5) is 30.7. The van der Waals surface area contributed by atoms with E-state index in [1.165, 1.54) is 25.8 Å². The van der Waals surface area contributed by atoms with E-state index in [4.69, 9.17) is 5.10 Å². The smallest absolute Gasteiger partial charge is 0.259 e. The fourth-order valence-corrected chi connectivity index (χ4v) is 7.52. The van der Waals surface area contributed by atoms with Gasteiger partial charge in [0.1, 0.15) is 6.04 Å². The van der Waals surface area contributed by atoms with Gasteiger partial charge in [0.15, 0.2) is 0 Å². The Hall–Kier alpha value is -3.65. The number of carbonyl (C=O) groups is 2. The standard InChI is InChI=1S/C33H40N6O2/c1-21-9-11-28(30(40)35-21)39-27-12-10-26(24-7-5-8-25(29(24)27)31(39)41)36-22-18-34-38(19-22)23-13-16-37(32(2,3)17-23)20-33(4)14-6-15-33/h5,7-8,10,12,18-19,23,28,36H,1,6,9,11,13-17,20H2,2-4H3,(H,35,40). The lowest BCUT2D eigenvalue weighted by Crippen LogP contribution is -2.54. The molecule has 1 aromatic heterocycles. The maximum Gasteiger partial charge on any atom is 0.259 e. The van der Waals surface area contributed by atoms with Crippen molar-refractivity contribution in [1.82, 2.24) is 20.0 Å². The van der Waals surface area contributed by atoms with Crippen LogP contribution >= 0.6 is 0 Å². The molecule has 1 saturated carbocycles. The Morgan fingerprint density at radius 3 is 2.68 bits per heavy atom. The van der Waals surface area contributed by atoms with Gasteiger partial charge in [-0.15, -0.1) is 0 Å². The van der Waals surface area contributed by atoms with Gasteiger partial charge in [-0.25, -0.2) is 0 Å². The minimum atomic E-state index is -0.534. The lowest BCUT2D eigenvalue weighted by Gasteiger charge is -2.51. The molecule has 2 atom stereocenters. The second kappa shape index (κ2) is 9.44. The second-order valence-electron chi connectivity index (χ2n) is 13.6. The molecule has 3 fully saturated rings. The van der Waals surface area contributed by atoms with Gasteiger partial charge in [0.25, 0.3) is 5.91 Å². The van der Waals surface area contributed by atoms with E-state index in [0.717, 1.165) is 47.2 Å². The summed E-state index contributed by atoms with van der Waals surface area (Å²) in [6, 6.07) is 9.61. The monoisotopic (exact) mass is 552 g/mol. The average molecular weight is 553 g/mol. The molecule has 4 heterocycles. The maximum atomic E-state index is 13.5. The van der Waals surface area contributed by atoms with Crippen LogP contribution in [0, 0.1) is 5.41 Å². The molecule has 214 valence electrons. The number of anilines is 3. The fraction of sp³-hybridized carbons (Fsp3) is 0.485. The van der Waals surface area contributed by atoms with E-state index in [-0.39, 0.29) is 17.4 Å². The van der Waals surface area contributed by atoms with Crippen molar-refractivity contribution in [2.24, 2.45) is 5.41 Å². The Morgan fingerprint density at radius 2 is 1.95 bits per heavy atom. The zero-order valence-corrected chi connectivity index (χ0v) is 24.4. The molecule has 7 rings (SSSR count). The summed E-state index contributed by atoms with van der Waals surface area (Å²) in [5, 5.41) is 13.0. The number of aromatic nitrogens is 2. The molecule has 0 spiro atoms. The molecule has 4 aliphatic rings. The van der Waals surface area contributed by atoms with Crippen molar-refractivity contribution in [1.29, 1.82) is 0 Å². The minimum absolute atomic E-state index is 0.122. The quantitative estimate of drug-likeness (QED) is 0.384. The first-order valence-corrected chi connectivity index (χ1v) is 15.1. The molecule has 0 radical (unpaired) electrons. The first-order valence-electron chi connectivity index (χ1n) is 15.1. The van der Waals surface area contributed by atoms with Gasteiger partial charge >= 0.3 is 0 Å². The van der Waals surface area contributed by atoms with Crippen LogP contribution < -0.4 is 15.5 Å². The molecule has 2 amide bonds. The predicted molar refractivity (Wildman–Crippen MR) is 162 cm³/mol. The van der Waals surface area contributed by atoms with Crippen LogP contribution in [0.5, 0.6) is 0 Å². The summed E-state index contributed by atoms with van der Waals surface area (Å²) in [6.45, 7) is 13.4. The van der Waals surface area contributed by atoms with E-state index < -0.39 is 6.04 Å². The Kier molecular flexibility index (Phi) is 6.05. The zero-order chi connectivity index (χ0) is 28.5. The highest BCUT2D eigenvalue weighted by atomic mass is 16.2. The van der Waals surface area contributed by atoms with Crippen LogP contribution in [0.25, 0.3) is 10.8 Å². The normalized spacial score (nSPS) is 25.3. The van der Waals surface area contributed by atoms with E-state index in [2.05, 4.69) is 53.8 Å². The summed E-state index contributed by atoms with van der Waals surface area (Å²) in [7, 11) is 0. The number of hydrogen-bond acceptors (Lipinski definition) is 5. The third-order valence-corrected chi connectivity index (χ3v) is 10.1. The Bertz CT molecular complexity index is 1570. The number of benzene rings is 2. The van der Waals surface area contributed by atoms with Gasteiger partial charge < -0.3 is 10.6 Å². The van der Waals surface area contributed by atoms with Gasteiger partial charge in [-0.3, -0.25) is 24.1 Å².